The Morgan fingerprint density at radius 1 is 1.18 bits per heavy atom. The van der Waals surface area contributed by atoms with Gasteiger partial charge in [-0.15, -0.1) is 0 Å². The van der Waals surface area contributed by atoms with Crippen LogP contribution in [0.15, 0.2) is 30.5 Å². The van der Waals surface area contributed by atoms with Crippen molar-refractivity contribution in [1.82, 2.24) is 9.88 Å². The Labute approximate surface area is 104 Å². The molecule has 1 aromatic carbocycles. The van der Waals surface area contributed by atoms with Crippen molar-refractivity contribution in [2.75, 3.05) is 7.05 Å². The van der Waals surface area contributed by atoms with Crippen LogP contribution >= 0.6 is 0 Å². The van der Waals surface area contributed by atoms with Gasteiger partial charge < -0.3 is 9.88 Å². The Bertz CT molecular complexity index is 471. The van der Waals surface area contributed by atoms with E-state index in [1.807, 2.05) is 7.05 Å². The third kappa shape index (κ3) is 2.89. The Morgan fingerprint density at radius 2 is 2.06 bits per heavy atom. The van der Waals surface area contributed by atoms with E-state index in [9.17, 15) is 0 Å². The summed E-state index contributed by atoms with van der Waals surface area (Å²) in [5.74, 6) is 0. The fourth-order valence-corrected chi connectivity index (χ4v) is 2.29. The lowest BCUT2D eigenvalue weighted by Crippen LogP contribution is -2.04. The molecule has 0 radical (unpaired) electrons. The zero-order chi connectivity index (χ0) is 12.1. The molecule has 2 nitrogen and oxygen atoms in total. The van der Waals surface area contributed by atoms with Gasteiger partial charge in [-0.1, -0.05) is 25.8 Å². The van der Waals surface area contributed by atoms with Crippen LogP contribution < -0.4 is 5.32 Å². The van der Waals surface area contributed by atoms with E-state index in [2.05, 4.69) is 47.3 Å². The monoisotopic (exact) mass is 230 g/mol. The van der Waals surface area contributed by atoms with Crippen LogP contribution in [-0.4, -0.2) is 11.6 Å². The highest BCUT2D eigenvalue weighted by Crippen LogP contribution is 2.18. The van der Waals surface area contributed by atoms with E-state index < -0.39 is 0 Å². The van der Waals surface area contributed by atoms with Gasteiger partial charge in [0, 0.05) is 24.8 Å². The number of aromatic nitrogens is 1. The maximum atomic E-state index is 3.19. The van der Waals surface area contributed by atoms with Gasteiger partial charge in [0.15, 0.2) is 0 Å². The molecule has 0 saturated carbocycles. The maximum Gasteiger partial charge on any atom is 0.0480 e. The van der Waals surface area contributed by atoms with Crippen molar-refractivity contribution in [3.63, 3.8) is 0 Å². The quantitative estimate of drug-likeness (QED) is 0.751. The highest BCUT2D eigenvalue weighted by Gasteiger charge is 2.01. The third-order valence-corrected chi connectivity index (χ3v) is 3.22. The van der Waals surface area contributed by atoms with E-state index in [-0.39, 0.29) is 0 Å². The molecular weight excluding hydrogens is 208 g/mol. The summed E-state index contributed by atoms with van der Waals surface area (Å²) >= 11 is 0. The molecule has 1 N–H and O–H groups in total. The van der Waals surface area contributed by atoms with Crippen LogP contribution in [0.4, 0.5) is 0 Å². The van der Waals surface area contributed by atoms with E-state index in [0.717, 1.165) is 13.1 Å². The SMILES string of the molecule is CCCCCn1ccc2cc(CNC)ccc21. The number of hydrogen-bond acceptors (Lipinski definition) is 1. The maximum absolute atomic E-state index is 3.19. The molecule has 2 aromatic rings. The molecule has 0 bridgehead atoms. The summed E-state index contributed by atoms with van der Waals surface area (Å²) in [6.45, 7) is 4.33. The van der Waals surface area contributed by atoms with Crippen LogP contribution in [0.3, 0.4) is 0 Å². The van der Waals surface area contributed by atoms with Crippen LogP contribution in [0.5, 0.6) is 0 Å². The molecule has 2 heteroatoms. The largest absolute Gasteiger partial charge is 0.347 e. The van der Waals surface area contributed by atoms with Crippen molar-refractivity contribution < 1.29 is 0 Å². The van der Waals surface area contributed by atoms with Gasteiger partial charge in [-0.25, -0.2) is 0 Å². The zero-order valence-electron chi connectivity index (χ0n) is 10.9. The summed E-state index contributed by atoms with van der Waals surface area (Å²) < 4.78 is 2.37. The normalized spacial score (nSPS) is 11.2. The van der Waals surface area contributed by atoms with Crippen molar-refractivity contribution in [3.05, 3.63) is 36.0 Å². The lowest BCUT2D eigenvalue weighted by atomic mass is 10.1. The Hall–Kier alpha value is -1.28. The molecule has 1 heterocycles. The molecule has 0 aliphatic rings. The molecule has 0 aliphatic heterocycles. The average molecular weight is 230 g/mol. The first-order chi connectivity index (χ1) is 8.35. The van der Waals surface area contributed by atoms with Crippen LogP contribution in [0.2, 0.25) is 0 Å². The Morgan fingerprint density at radius 3 is 2.82 bits per heavy atom. The predicted octanol–water partition coefficient (Wildman–Crippen LogP) is 3.55. The van der Waals surface area contributed by atoms with Gasteiger partial charge in [0.05, 0.1) is 0 Å². The number of rotatable bonds is 6. The molecule has 0 atom stereocenters. The minimum absolute atomic E-state index is 0.941. The lowest BCUT2D eigenvalue weighted by Gasteiger charge is -2.06. The first kappa shape index (κ1) is 12.2. The Kier molecular flexibility index (Phi) is 4.21. The first-order valence-corrected chi connectivity index (χ1v) is 6.57. The van der Waals surface area contributed by atoms with Gasteiger partial charge in [0.25, 0.3) is 0 Å². The fourth-order valence-electron chi connectivity index (χ4n) is 2.29. The number of aryl methyl sites for hydroxylation is 1. The molecule has 0 unspecified atom stereocenters. The van der Waals surface area contributed by atoms with Gasteiger partial charge in [0.2, 0.25) is 0 Å². The zero-order valence-corrected chi connectivity index (χ0v) is 10.9. The van der Waals surface area contributed by atoms with Gasteiger partial charge in [-0.05, 0) is 42.6 Å². The van der Waals surface area contributed by atoms with Crippen LogP contribution in [-0.2, 0) is 13.1 Å². The van der Waals surface area contributed by atoms with Crippen molar-refractivity contribution in [1.29, 1.82) is 0 Å². The minimum atomic E-state index is 0.941. The number of nitrogens with one attached hydrogen (secondary N) is 1. The number of unbranched alkanes of at least 4 members (excludes halogenated alkanes) is 2. The Balaban J connectivity index is 2.16. The summed E-state index contributed by atoms with van der Waals surface area (Å²) in [5, 5.41) is 4.55. The minimum Gasteiger partial charge on any atom is -0.347 e. The van der Waals surface area contributed by atoms with Crippen molar-refractivity contribution in [2.45, 2.75) is 39.3 Å². The van der Waals surface area contributed by atoms with Crippen LogP contribution in [0.25, 0.3) is 10.9 Å². The summed E-state index contributed by atoms with van der Waals surface area (Å²) in [5.41, 5.74) is 2.72. The fraction of sp³-hybridized carbons (Fsp3) is 0.467. The van der Waals surface area contributed by atoms with Crippen molar-refractivity contribution in [3.8, 4) is 0 Å². The second kappa shape index (κ2) is 5.87. The second-order valence-electron chi connectivity index (χ2n) is 4.64. The molecule has 0 aliphatic carbocycles. The van der Waals surface area contributed by atoms with Crippen LogP contribution in [0, 0.1) is 0 Å². The van der Waals surface area contributed by atoms with E-state index >= 15 is 0 Å². The number of fused-ring (bicyclic) bond motifs is 1. The first-order valence-electron chi connectivity index (χ1n) is 6.57. The molecule has 1 aromatic heterocycles. The van der Waals surface area contributed by atoms with E-state index in [1.165, 1.54) is 35.7 Å². The smallest absolute Gasteiger partial charge is 0.0480 e. The van der Waals surface area contributed by atoms with Gasteiger partial charge in [-0.3, -0.25) is 0 Å². The molecule has 17 heavy (non-hydrogen) atoms. The summed E-state index contributed by atoms with van der Waals surface area (Å²) in [6.07, 6.45) is 6.09. The standard InChI is InChI=1S/C15H22N2/c1-3-4-5-9-17-10-8-14-11-13(12-16-2)6-7-15(14)17/h6-8,10-11,16H,3-5,9,12H2,1-2H3. The predicted molar refractivity (Wildman–Crippen MR) is 74.2 cm³/mol. The number of benzene rings is 1. The second-order valence-corrected chi connectivity index (χ2v) is 4.64. The highest BCUT2D eigenvalue weighted by atomic mass is 14.9. The lowest BCUT2D eigenvalue weighted by molar-refractivity contribution is 0.616. The molecule has 2 rings (SSSR count). The topological polar surface area (TPSA) is 17.0 Å². The molecule has 0 spiro atoms. The van der Waals surface area contributed by atoms with Gasteiger partial charge in [-0.2, -0.15) is 0 Å². The van der Waals surface area contributed by atoms with Crippen molar-refractivity contribution >= 4 is 10.9 Å². The molecular formula is C15H22N2. The summed E-state index contributed by atoms with van der Waals surface area (Å²) in [7, 11) is 1.99. The number of nitrogens with zero attached hydrogens (tertiary/aromatic N) is 1. The number of hydrogen-bond donors (Lipinski definition) is 1. The van der Waals surface area contributed by atoms with Crippen molar-refractivity contribution in [2.24, 2.45) is 0 Å². The molecule has 92 valence electrons. The van der Waals surface area contributed by atoms with Gasteiger partial charge in [0.1, 0.15) is 0 Å². The average Bonchev–Trinajstić information content (AvgIpc) is 2.73. The summed E-state index contributed by atoms with van der Waals surface area (Å²) in [4.78, 5) is 0. The molecule has 0 fully saturated rings. The summed E-state index contributed by atoms with van der Waals surface area (Å²) in [6, 6.07) is 8.96. The van der Waals surface area contributed by atoms with Crippen LogP contribution in [0.1, 0.15) is 31.7 Å². The van der Waals surface area contributed by atoms with E-state index in [4.69, 9.17) is 0 Å². The van der Waals surface area contributed by atoms with E-state index in [0.29, 0.717) is 0 Å². The third-order valence-electron chi connectivity index (χ3n) is 3.22. The molecule has 0 amide bonds. The highest BCUT2D eigenvalue weighted by molar-refractivity contribution is 5.80. The van der Waals surface area contributed by atoms with Gasteiger partial charge >= 0.3 is 0 Å². The molecule has 0 saturated heterocycles. The van der Waals surface area contributed by atoms with E-state index in [1.54, 1.807) is 0 Å².